The highest BCUT2D eigenvalue weighted by Gasteiger charge is 2.30. The first-order valence-electron chi connectivity index (χ1n) is 9.66. The Bertz CT molecular complexity index is 867. The van der Waals surface area contributed by atoms with Crippen molar-refractivity contribution < 1.29 is 27.4 Å². The van der Waals surface area contributed by atoms with Gasteiger partial charge in [-0.2, -0.15) is 18.3 Å². The molecule has 0 aromatic heterocycles. The SMILES string of the molecule is CCCCCCOc1ccc(/C=N/NC(=O)c2cccc(C(F)(F)F)c2)cc1OC. The van der Waals surface area contributed by atoms with E-state index in [0.29, 0.717) is 23.7 Å². The van der Waals surface area contributed by atoms with Crippen LogP contribution in [0.2, 0.25) is 0 Å². The number of ether oxygens (including phenoxy) is 2. The lowest BCUT2D eigenvalue weighted by atomic mass is 10.1. The lowest BCUT2D eigenvalue weighted by Gasteiger charge is -2.11. The number of nitrogens with zero attached hydrogens (tertiary/aromatic N) is 1. The van der Waals surface area contributed by atoms with Gasteiger partial charge in [0.05, 0.1) is 25.5 Å². The van der Waals surface area contributed by atoms with Crippen molar-refractivity contribution in [3.63, 3.8) is 0 Å². The summed E-state index contributed by atoms with van der Waals surface area (Å²) in [4.78, 5) is 12.0. The molecule has 0 aliphatic carbocycles. The summed E-state index contributed by atoms with van der Waals surface area (Å²) in [5.41, 5.74) is 1.83. The second kappa shape index (κ2) is 11.2. The van der Waals surface area contributed by atoms with E-state index in [2.05, 4.69) is 17.5 Å². The van der Waals surface area contributed by atoms with Crippen LogP contribution >= 0.6 is 0 Å². The van der Waals surface area contributed by atoms with Crippen LogP contribution in [0.5, 0.6) is 11.5 Å². The zero-order valence-corrected chi connectivity index (χ0v) is 17.0. The number of methoxy groups -OCH3 is 1. The Balaban J connectivity index is 1.96. The number of rotatable bonds is 10. The number of hydrogen-bond acceptors (Lipinski definition) is 4. The summed E-state index contributed by atoms with van der Waals surface area (Å²) in [6, 6.07) is 9.32. The number of carbonyl (C=O) groups is 1. The second-order valence-electron chi connectivity index (χ2n) is 6.60. The van der Waals surface area contributed by atoms with Crippen molar-refractivity contribution in [2.75, 3.05) is 13.7 Å². The van der Waals surface area contributed by atoms with Crippen molar-refractivity contribution in [1.82, 2.24) is 5.43 Å². The lowest BCUT2D eigenvalue weighted by molar-refractivity contribution is -0.137. The lowest BCUT2D eigenvalue weighted by Crippen LogP contribution is -2.18. The van der Waals surface area contributed by atoms with Crippen LogP contribution in [0, 0.1) is 0 Å². The molecule has 1 amide bonds. The Kier molecular flexibility index (Phi) is 8.70. The summed E-state index contributed by atoms with van der Waals surface area (Å²) in [5.74, 6) is 0.397. The summed E-state index contributed by atoms with van der Waals surface area (Å²) < 4.78 is 49.3. The maximum atomic E-state index is 12.8. The van der Waals surface area contributed by atoms with Gasteiger partial charge in [0.25, 0.3) is 5.91 Å². The van der Waals surface area contributed by atoms with Gasteiger partial charge in [0.2, 0.25) is 0 Å². The van der Waals surface area contributed by atoms with Crippen LogP contribution in [-0.4, -0.2) is 25.8 Å². The first-order chi connectivity index (χ1) is 14.3. The predicted octanol–water partition coefficient (Wildman–Crippen LogP) is 5.44. The van der Waals surface area contributed by atoms with E-state index in [1.54, 1.807) is 18.2 Å². The Morgan fingerprint density at radius 2 is 1.90 bits per heavy atom. The van der Waals surface area contributed by atoms with Crippen LogP contribution in [0.3, 0.4) is 0 Å². The number of amides is 1. The van der Waals surface area contributed by atoms with Gasteiger partial charge in [0, 0.05) is 5.56 Å². The van der Waals surface area contributed by atoms with Gasteiger partial charge in [-0.3, -0.25) is 4.79 Å². The molecule has 2 rings (SSSR count). The largest absolute Gasteiger partial charge is 0.493 e. The molecule has 0 saturated heterocycles. The van der Waals surface area contributed by atoms with E-state index in [1.165, 1.54) is 31.9 Å². The van der Waals surface area contributed by atoms with Crippen molar-refractivity contribution in [1.29, 1.82) is 0 Å². The van der Waals surface area contributed by atoms with Gasteiger partial charge in [0.15, 0.2) is 11.5 Å². The summed E-state index contributed by atoms with van der Waals surface area (Å²) in [5, 5.41) is 3.81. The monoisotopic (exact) mass is 422 g/mol. The van der Waals surface area contributed by atoms with E-state index < -0.39 is 17.6 Å². The molecule has 0 fully saturated rings. The molecule has 5 nitrogen and oxygen atoms in total. The fourth-order valence-corrected chi connectivity index (χ4v) is 2.66. The Labute approximate surface area is 173 Å². The number of benzene rings is 2. The van der Waals surface area contributed by atoms with E-state index in [1.807, 2.05) is 0 Å². The second-order valence-corrected chi connectivity index (χ2v) is 6.60. The highest BCUT2D eigenvalue weighted by atomic mass is 19.4. The molecule has 1 N–H and O–H groups in total. The molecule has 0 heterocycles. The molecule has 30 heavy (non-hydrogen) atoms. The molecular formula is C22H25F3N2O3. The van der Waals surface area contributed by atoms with Crippen LogP contribution < -0.4 is 14.9 Å². The molecule has 0 aliphatic rings. The minimum atomic E-state index is -4.52. The fraction of sp³-hybridized carbons (Fsp3) is 0.364. The predicted molar refractivity (Wildman–Crippen MR) is 109 cm³/mol. The highest BCUT2D eigenvalue weighted by molar-refractivity contribution is 5.95. The van der Waals surface area contributed by atoms with Gasteiger partial charge >= 0.3 is 6.18 Å². The van der Waals surface area contributed by atoms with Crippen molar-refractivity contribution in [3.8, 4) is 11.5 Å². The standard InChI is InChI=1S/C22H25F3N2O3/c1-3-4-5-6-12-30-19-11-10-16(13-20(19)29-2)15-26-27-21(28)17-8-7-9-18(14-17)22(23,24)25/h7-11,13-15H,3-6,12H2,1-2H3,(H,27,28)/b26-15+. The average Bonchev–Trinajstić information content (AvgIpc) is 2.73. The van der Waals surface area contributed by atoms with Gasteiger partial charge in [-0.25, -0.2) is 5.43 Å². The number of alkyl halides is 3. The fourth-order valence-electron chi connectivity index (χ4n) is 2.66. The molecule has 2 aromatic rings. The molecule has 0 aliphatic heterocycles. The third kappa shape index (κ3) is 7.09. The average molecular weight is 422 g/mol. The van der Waals surface area contributed by atoms with E-state index in [4.69, 9.17) is 9.47 Å². The summed E-state index contributed by atoms with van der Waals surface area (Å²) in [6.45, 7) is 2.74. The summed E-state index contributed by atoms with van der Waals surface area (Å²) >= 11 is 0. The first-order valence-corrected chi connectivity index (χ1v) is 9.66. The van der Waals surface area contributed by atoms with E-state index in [9.17, 15) is 18.0 Å². The first kappa shape index (κ1) is 23.3. The third-order valence-corrected chi connectivity index (χ3v) is 4.27. The highest BCUT2D eigenvalue weighted by Crippen LogP contribution is 2.30. The zero-order chi connectivity index (χ0) is 22.0. The molecule has 0 bridgehead atoms. The molecule has 162 valence electrons. The summed E-state index contributed by atoms with van der Waals surface area (Å²) in [6.07, 6.45) is 1.25. The van der Waals surface area contributed by atoms with Crippen molar-refractivity contribution in [2.45, 2.75) is 38.8 Å². The Morgan fingerprint density at radius 1 is 1.10 bits per heavy atom. The normalized spacial score (nSPS) is 11.5. The van der Waals surface area contributed by atoms with Crippen LogP contribution in [0.4, 0.5) is 13.2 Å². The maximum Gasteiger partial charge on any atom is 0.416 e. The molecule has 2 aromatic carbocycles. The topological polar surface area (TPSA) is 59.9 Å². The minimum absolute atomic E-state index is 0.133. The molecular weight excluding hydrogens is 397 g/mol. The van der Waals surface area contributed by atoms with E-state index >= 15 is 0 Å². The quantitative estimate of drug-likeness (QED) is 0.315. The van der Waals surface area contributed by atoms with Gasteiger partial charge in [0.1, 0.15) is 0 Å². The maximum absolute atomic E-state index is 12.8. The van der Waals surface area contributed by atoms with Crippen LogP contribution in [0.15, 0.2) is 47.6 Å². The smallest absolute Gasteiger partial charge is 0.416 e. The van der Waals surface area contributed by atoms with E-state index in [-0.39, 0.29) is 5.56 Å². The van der Waals surface area contributed by atoms with Gasteiger partial charge < -0.3 is 9.47 Å². The number of halogens is 3. The molecule has 0 saturated carbocycles. The summed E-state index contributed by atoms with van der Waals surface area (Å²) in [7, 11) is 1.52. The van der Waals surface area contributed by atoms with E-state index in [0.717, 1.165) is 31.4 Å². The minimum Gasteiger partial charge on any atom is -0.493 e. The number of nitrogens with one attached hydrogen (secondary N) is 1. The van der Waals surface area contributed by atoms with Gasteiger partial charge in [-0.1, -0.05) is 32.3 Å². The molecule has 8 heteroatoms. The van der Waals surface area contributed by atoms with Crippen molar-refractivity contribution >= 4 is 12.1 Å². The Hall–Kier alpha value is -3.03. The number of hydrogen-bond donors (Lipinski definition) is 1. The third-order valence-electron chi connectivity index (χ3n) is 4.27. The van der Waals surface area contributed by atoms with Gasteiger partial charge in [-0.15, -0.1) is 0 Å². The van der Waals surface area contributed by atoms with Crippen LogP contribution in [-0.2, 0) is 6.18 Å². The van der Waals surface area contributed by atoms with Crippen molar-refractivity contribution in [3.05, 3.63) is 59.2 Å². The van der Waals surface area contributed by atoms with Crippen LogP contribution in [0.25, 0.3) is 0 Å². The zero-order valence-electron chi connectivity index (χ0n) is 17.0. The molecule has 0 spiro atoms. The number of carbonyl (C=O) groups excluding carboxylic acids is 1. The Morgan fingerprint density at radius 3 is 2.60 bits per heavy atom. The van der Waals surface area contributed by atoms with Crippen molar-refractivity contribution in [2.24, 2.45) is 5.10 Å². The molecule has 0 unspecified atom stereocenters. The number of unbranched alkanes of at least 4 members (excludes halogenated alkanes) is 3. The molecule has 0 radical (unpaired) electrons. The number of hydrazone groups is 1. The van der Waals surface area contributed by atoms with Gasteiger partial charge in [-0.05, 0) is 48.4 Å². The van der Waals surface area contributed by atoms with Crippen LogP contribution in [0.1, 0.15) is 54.1 Å². The molecule has 0 atom stereocenters.